The number of aliphatic hydroxyl groups excluding tert-OH is 1. The molecule has 0 bridgehead atoms. The van der Waals surface area contributed by atoms with Crippen LogP contribution in [0, 0.1) is 5.41 Å². The average molecular weight is 283 g/mol. The number of ether oxygens (including phenoxy) is 2. The Balaban J connectivity index is 2.69. The summed E-state index contributed by atoms with van der Waals surface area (Å²) >= 11 is 0. The smallest absolute Gasteiger partial charge is 0.200 e. The lowest BCUT2D eigenvalue weighted by atomic mass is 9.90. The number of aliphatic hydroxyl groups is 1. The second-order valence-electron chi connectivity index (χ2n) is 5.59. The molecule has 3 N–H and O–H groups in total. The molecule has 1 aromatic rings. The van der Waals surface area contributed by atoms with Crippen LogP contribution < -0.4 is 14.8 Å². The van der Waals surface area contributed by atoms with Crippen molar-refractivity contribution in [2.24, 2.45) is 5.41 Å². The first-order valence-corrected chi connectivity index (χ1v) is 6.69. The van der Waals surface area contributed by atoms with E-state index in [2.05, 4.69) is 19.2 Å². The molecule has 0 unspecified atom stereocenters. The molecule has 0 radical (unpaired) electrons. The number of phenolic OH excluding ortho intramolecular Hbond substituents is 1. The molecule has 0 amide bonds. The number of methoxy groups -OCH3 is 2. The second-order valence-corrected chi connectivity index (χ2v) is 5.59. The molecule has 1 rings (SSSR count). The Morgan fingerprint density at radius 1 is 1.15 bits per heavy atom. The summed E-state index contributed by atoms with van der Waals surface area (Å²) in [5.74, 6) is 0.811. The van der Waals surface area contributed by atoms with E-state index in [-0.39, 0.29) is 17.8 Å². The van der Waals surface area contributed by atoms with Crippen LogP contribution in [-0.2, 0) is 6.54 Å². The molecule has 0 spiro atoms. The molecule has 0 aromatic heterocycles. The van der Waals surface area contributed by atoms with E-state index in [1.54, 1.807) is 12.1 Å². The number of phenols is 1. The van der Waals surface area contributed by atoms with Crippen molar-refractivity contribution in [1.29, 1.82) is 0 Å². The van der Waals surface area contributed by atoms with Crippen molar-refractivity contribution in [2.45, 2.75) is 26.8 Å². The van der Waals surface area contributed by atoms with E-state index in [0.29, 0.717) is 18.0 Å². The van der Waals surface area contributed by atoms with Crippen molar-refractivity contribution in [3.63, 3.8) is 0 Å². The number of nitrogens with one attached hydrogen (secondary N) is 1. The first-order chi connectivity index (χ1) is 9.43. The molecule has 1 aromatic carbocycles. The van der Waals surface area contributed by atoms with Gasteiger partial charge in [0.15, 0.2) is 11.5 Å². The van der Waals surface area contributed by atoms with E-state index in [4.69, 9.17) is 14.6 Å². The van der Waals surface area contributed by atoms with E-state index in [0.717, 1.165) is 18.5 Å². The Morgan fingerprint density at radius 3 is 2.15 bits per heavy atom. The topological polar surface area (TPSA) is 71.0 Å². The largest absolute Gasteiger partial charge is 0.502 e. The molecular formula is C15H25NO4. The van der Waals surface area contributed by atoms with Gasteiger partial charge in [0.2, 0.25) is 5.75 Å². The Morgan fingerprint density at radius 2 is 1.70 bits per heavy atom. The maximum Gasteiger partial charge on any atom is 0.200 e. The van der Waals surface area contributed by atoms with Crippen LogP contribution in [0.5, 0.6) is 17.2 Å². The lowest BCUT2D eigenvalue weighted by Crippen LogP contribution is -2.29. The number of benzene rings is 1. The van der Waals surface area contributed by atoms with Gasteiger partial charge in [0, 0.05) is 19.7 Å². The summed E-state index contributed by atoms with van der Waals surface area (Å²) in [5.41, 5.74) is 1.01. The third-order valence-electron chi connectivity index (χ3n) is 3.26. The Bertz CT molecular complexity index is 407. The molecular weight excluding hydrogens is 258 g/mol. The lowest BCUT2D eigenvalue weighted by molar-refractivity contribution is 0.207. The summed E-state index contributed by atoms with van der Waals surface area (Å²) in [5, 5.41) is 22.2. The molecule has 5 nitrogen and oxygen atoms in total. The predicted octanol–water partition coefficient (Wildman–Crippen LogP) is 1.91. The van der Waals surface area contributed by atoms with Gasteiger partial charge in [-0.2, -0.15) is 0 Å². The van der Waals surface area contributed by atoms with Crippen molar-refractivity contribution < 1.29 is 19.7 Å². The Kier molecular flexibility index (Phi) is 6.10. The van der Waals surface area contributed by atoms with Gasteiger partial charge in [0.1, 0.15) is 0 Å². The van der Waals surface area contributed by atoms with Crippen LogP contribution in [0.4, 0.5) is 0 Å². The molecule has 0 heterocycles. The van der Waals surface area contributed by atoms with Crippen LogP contribution in [0.25, 0.3) is 0 Å². The minimum Gasteiger partial charge on any atom is -0.502 e. The quantitative estimate of drug-likeness (QED) is 0.680. The van der Waals surface area contributed by atoms with Crippen molar-refractivity contribution >= 4 is 0 Å². The van der Waals surface area contributed by atoms with Gasteiger partial charge < -0.3 is 25.0 Å². The van der Waals surface area contributed by atoms with Gasteiger partial charge in [0.05, 0.1) is 14.2 Å². The fourth-order valence-electron chi connectivity index (χ4n) is 1.99. The summed E-state index contributed by atoms with van der Waals surface area (Å²) in [6.07, 6.45) is 0.752. The van der Waals surface area contributed by atoms with Crippen LogP contribution in [0.2, 0.25) is 0 Å². The van der Waals surface area contributed by atoms with E-state index in [1.165, 1.54) is 14.2 Å². The standard InChI is InChI=1S/C15H25NO4/c1-15(2,5-6-17)10-16-9-11-7-12(19-3)14(18)13(8-11)20-4/h7-8,16-18H,5-6,9-10H2,1-4H3. The van der Waals surface area contributed by atoms with Crippen LogP contribution >= 0.6 is 0 Å². The fraction of sp³-hybridized carbons (Fsp3) is 0.600. The van der Waals surface area contributed by atoms with E-state index in [9.17, 15) is 5.11 Å². The number of rotatable bonds is 8. The van der Waals surface area contributed by atoms with Crippen molar-refractivity contribution in [3.8, 4) is 17.2 Å². The molecule has 0 aliphatic heterocycles. The van der Waals surface area contributed by atoms with Crippen LogP contribution in [-0.4, -0.2) is 37.6 Å². The van der Waals surface area contributed by atoms with Gasteiger partial charge in [-0.05, 0) is 29.5 Å². The van der Waals surface area contributed by atoms with Gasteiger partial charge in [-0.1, -0.05) is 13.8 Å². The summed E-state index contributed by atoms with van der Waals surface area (Å²) in [4.78, 5) is 0. The molecule has 0 atom stereocenters. The maximum atomic E-state index is 9.84. The SMILES string of the molecule is COc1cc(CNCC(C)(C)CCO)cc(OC)c1O. The van der Waals surface area contributed by atoms with E-state index in [1.807, 2.05) is 0 Å². The fourth-order valence-corrected chi connectivity index (χ4v) is 1.99. The third kappa shape index (κ3) is 4.58. The molecule has 5 heteroatoms. The zero-order valence-electron chi connectivity index (χ0n) is 12.7. The first kappa shape index (κ1) is 16.6. The summed E-state index contributed by atoms with van der Waals surface area (Å²) in [7, 11) is 3.02. The molecule has 0 aliphatic carbocycles. The zero-order valence-corrected chi connectivity index (χ0v) is 12.7. The first-order valence-electron chi connectivity index (χ1n) is 6.69. The van der Waals surface area contributed by atoms with Crippen LogP contribution in [0.15, 0.2) is 12.1 Å². The van der Waals surface area contributed by atoms with Crippen molar-refractivity contribution in [3.05, 3.63) is 17.7 Å². The van der Waals surface area contributed by atoms with Gasteiger partial charge in [-0.3, -0.25) is 0 Å². The number of hydrogen-bond donors (Lipinski definition) is 3. The average Bonchev–Trinajstić information content (AvgIpc) is 2.40. The molecule has 114 valence electrons. The van der Waals surface area contributed by atoms with E-state index >= 15 is 0 Å². The van der Waals surface area contributed by atoms with Gasteiger partial charge >= 0.3 is 0 Å². The highest BCUT2D eigenvalue weighted by Crippen LogP contribution is 2.37. The van der Waals surface area contributed by atoms with Crippen LogP contribution in [0.1, 0.15) is 25.8 Å². The minimum atomic E-state index is 0.0133. The molecule has 0 aliphatic rings. The molecule has 0 saturated heterocycles. The highest BCUT2D eigenvalue weighted by atomic mass is 16.5. The van der Waals surface area contributed by atoms with Gasteiger partial charge in [-0.15, -0.1) is 0 Å². The number of aromatic hydroxyl groups is 1. The second kappa shape index (κ2) is 7.36. The molecule has 0 fully saturated rings. The van der Waals surface area contributed by atoms with Crippen molar-refractivity contribution in [2.75, 3.05) is 27.4 Å². The number of hydrogen-bond acceptors (Lipinski definition) is 5. The van der Waals surface area contributed by atoms with Gasteiger partial charge in [-0.25, -0.2) is 0 Å². The Hall–Kier alpha value is -1.46. The monoisotopic (exact) mass is 283 g/mol. The lowest BCUT2D eigenvalue weighted by Gasteiger charge is -2.24. The van der Waals surface area contributed by atoms with Gasteiger partial charge in [0.25, 0.3) is 0 Å². The summed E-state index contributed by atoms with van der Waals surface area (Å²) in [6, 6.07) is 3.56. The molecule has 0 saturated carbocycles. The third-order valence-corrected chi connectivity index (χ3v) is 3.26. The highest BCUT2D eigenvalue weighted by molar-refractivity contribution is 5.52. The maximum absolute atomic E-state index is 9.84. The van der Waals surface area contributed by atoms with Crippen LogP contribution in [0.3, 0.4) is 0 Å². The minimum absolute atomic E-state index is 0.0133. The summed E-state index contributed by atoms with van der Waals surface area (Å²) < 4.78 is 10.2. The molecule has 20 heavy (non-hydrogen) atoms. The van der Waals surface area contributed by atoms with E-state index < -0.39 is 0 Å². The summed E-state index contributed by atoms with van der Waals surface area (Å²) in [6.45, 7) is 5.83. The van der Waals surface area contributed by atoms with Crippen molar-refractivity contribution in [1.82, 2.24) is 5.32 Å². The highest BCUT2D eigenvalue weighted by Gasteiger charge is 2.17. The predicted molar refractivity (Wildman–Crippen MR) is 78.4 cm³/mol. The Labute approximate surface area is 120 Å². The zero-order chi connectivity index (χ0) is 15.2. The normalized spacial score (nSPS) is 11.4.